The molecule has 2 heterocycles. The number of nitrogens with zero attached hydrogens (tertiary/aromatic N) is 4. The van der Waals surface area contributed by atoms with Crippen LogP contribution in [0.15, 0.2) is 61.2 Å². The topological polar surface area (TPSA) is 99.4 Å². The van der Waals surface area contributed by atoms with Crippen LogP contribution in [0.5, 0.6) is 11.5 Å². The van der Waals surface area contributed by atoms with Crippen LogP contribution in [0.4, 0.5) is 0 Å². The van der Waals surface area contributed by atoms with Gasteiger partial charge in [0, 0.05) is 29.1 Å². The Bertz CT molecular complexity index is 1330. The first-order chi connectivity index (χ1) is 16.6. The zero-order chi connectivity index (χ0) is 23.5. The van der Waals surface area contributed by atoms with Gasteiger partial charge >= 0.3 is 5.97 Å². The predicted molar refractivity (Wildman–Crippen MR) is 125 cm³/mol. The van der Waals surface area contributed by atoms with Gasteiger partial charge in [0.2, 0.25) is 0 Å². The highest BCUT2D eigenvalue weighted by Crippen LogP contribution is 2.37. The summed E-state index contributed by atoms with van der Waals surface area (Å²) >= 11 is 0. The predicted octanol–water partition coefficient (Wildman–Crippen LogP) is 4.16. The van der Waals surface area contributed by atoms with Gasteiger partial charge in [-0.15, -0.1) is 0 Å². The zero-order valence-corrected chi connectivity index (χ0v) is 18.8. The molecule has 0 amide bonds. The average Bonchev–Trinajstić information content (AvgIpc) is 3.23. The highest BCUT2D eigenvalue weighted by Gasteiger charge is 2.28. The van der Waals surface area contributed by atoms with Crippen LogP contribution in [-0.2, 0) is 26.0 Å². The van der Waals surface area contributed by atoms with Crippen molar-refractivity contribution in [2.24, 2.45) is 0 Å². The summed E-state index contributed by atoms with van der Waals surface area (Å²) in [5.74, 6) is 0.525. The molecule has 0 radical (unpaired) electrons. The fraction of sp³-hybridized carbons (Fsp3) is 0.231. The maximum absolute atomic E-state index is 11.9. The van der Waals surface area contributed by atoms with E-state index in [1.807, 2.05) is 49.4 Å². The molecule has 34 heavy (non-hydrogen) atoms. The van der Waals surface area contributed by atoms with Crippen LogP contribution >= 0.6 is 0 Å². The first-order valence-corrected chi connectivity index (χ1v) is 11.2. The molecular weight excluding hydrogens is 432 g/mol. The Labute approximate surface area is 196 Å². The summed E-state index contributed by atoms with van der Waals surface area (Å²) in [5, 5.41) is 14.3. The Morgan fingerprint density at radius 2 is 1.85 bits per heavy atom. The third-order valence-corrected chi connectivity index (χ3v) is 5.79. The van der Waals surface area contributed by atoms with Crippen LogP contribution in [0.25, 0.3) is 11.3 Å². The summed E-state index contributed by atoms with van der Waals surface area (Å²) in [6.45, 7) is 3.35. The van der Waals surface area contributed by atoms with E-state index >= 15 is 0 Å². The lowest BCUT2D eigenvalue weighted by atomic mass is 9.88. The Morgan fingerprint density at radius 1 is 1.03 bits per heavy atom. The van der Waals surface area contributed by atoms with Crippen LogP contribution in [0.2, 0.25) is 0 Å². The third-order valence-electron chi connectivity index (χ3n) is 5.79. The highest BCUT2D eigenvalue weighted by atomic mass is 16.5. The van der Waals surface area contributed by atoms with Gasteiger partial charge in [-0.3, -0.25) is 4.68 Å². The van der Waals surface area contributed by atoms with E-state index in [9.17, 15) is 9.90 Å². The first kappa shape index (κ1) is 21.6. The largest absolute Gasteiger partial charge is 0.494 e. The summed E-state index contributed by atoms with van der Waals surface area (Å²) < 4.78 is 13.4. The molecule has 8 nitrogen and oxygen atoms in total. The minimum atomic E-state index is -1.01. The van der Waals surface area contributed by atoms with E-state index in [0.717, 1.165) is 51.4 Å². The molecule has 0 bridgehead atoms. The number of carboxylic acids is 1. The Balaban J connectivity index is 1.47. The lowest BCUT2D eigenvalue weighted by Crippen LogP contribution is -2.10. The van der Waals surface area contributed by atoms with Crippen molar-refractivity contribution in [3.63, 3.8) is 0 Å². The van der Waals surface area contributed by atoms with Crippen molar-refractivity contribution in [3.05, 3.63) is 89.1 Å². The first-order valence-electron chi connectivity index (χ1n) is 11.2. The monoisotopic (exact) mass is 456 g/mol. The number of benzene rings is 2. The molecule has 1 aliphatic rings. The van der Waals surface area contributed by atoms with Crippen molar-refractivity contribution >= 4 is 5.97 Å². The molecule has 0 atom stereocenters. The maximum atomic E-state index is 11.9. The van der Waals surface area contributed by atoms with Crippen molar-refractivity contribution in [1.29, 1.82) is 0 Å². The van der Waals surface area contributed by atoms with Crippen LogP contribution < -0.4 is 9.47 Å². The van der Waals surface area contributed by atoms with Gasteiger partial charge in [-0.1, -0.05) is 12.1 Å². The number of carboxylic acid groups (broad SMARTS) is 1. The SMILES string of the molecule is CCOc1cccc(Cn2nc(C(=O)O)c3c2-c2ccc(OCc4cncnc4)cc2CC3)c1. The lowest BCUT2D eigenvalue weighted by molar-refractivity contribution is 0.0688. The number of hydrogen-bond donors (Lipinski definition) is 1. The Kier molecular flexibility index (Phi) is 5.95. The molecule has 0 saturated heterocycles. The molecule has 0 unspecified atom stereocenters. The van der Waals surface area contributed by atoms with Crippen molar-refractivity contribution in [1.82, 2.24) is 19.7 Å². The molecular formula is C26H24N4O4. The molecule has 4 aromatic rings. The van der Waals surface area contributed by atoms with Crippen molar-refractivity contribution < 1.29 is 19.4 Å². The van der Waals surface area contributed by atoms with Gasteiger partial charge in [0.25, 0.3) is 0 Å². The second-order valence-corrected chi connectivity index (χ2v) is 8.07. The van der Waals surface area contributed by atoms with Crippen molar-refractivity contribution in [2.45, 2.75) is 32.9 Å². The summed E-state index contributed by atoms with van der Waals surface area (Å²) in [5.41, 5.74) is 5.71. The fourth-order valence-corrected chi connectivity index (χ4v) is 4.33. The van der Waals surface area contributed by atoms with Crippen LogP contribution in [0.1, 0.15) is 39.7 Å². The number of ether oxygens (including phenoxy) is 2. The molecule has 0 spiro atoms. The van der Waals surface area contributed by atoms with Crippen LogP contribution in [0, 0.1) is 0 Å². The van der Waals surface area contributed by atoms with Gasteiger partial charge in [-0.25, -0.2) is 14.8 Å². The maximum Gasteiger partial charge on any atom is 0.356 e. The van der Waals surface area contributed by atoms with Gasteiger partial charge in [0.05, 0.1) is 18.8 Å². The van der Waals surface area contributed by atoms with E-state index in [-0.39, 0.29) is 5.69 Å². The summed E-state index contributed by atoms with van der Waals surface area (Å²) in [4.78, 5) is 20.0. The number of aromatic carboxylic acids is 1. The number of fused-ring (bicyclic) bond motifs is 3. The smallest absolute Gasteiger partial charge is 0.356 e. The molecule has 1 N–H and O–H groups in total. The molecule has 0 fully saturated rings. The van der Waals surface area contributed by atoms with E-state index < -0.39 is 5.97 Å². The molecule has 0 aliphatic heterocycles. The number of hydrogen-bond acceptors (Lipinski definition) is 6. The van der Waals surface area contributed by atoms with E-state index in [2.05, 4.69) is 15.1 Å². The Morgan fingerprint density at radius 3 is 2.65 bits per heavy atom. The second kappa shape index (κ2) is 9.35. The van der Waals surface area contributed by atoms with Crippen LogP contribution in [-0.4, -0.2) is 37.4 Å². The van der Waals surface area contributed by atoms with Crippen LogP contribution in [0.3, 0.4) is 0 Å². The minimum Gasteiger partial charge on any atom is -0.494 e. The fourth-order valence-electron chi connectivity index (χ4n) is 4.33. The lowest BCUT2D eigenvalue weighted by Gasteiger charge is -2.20. The summed E-state index contributed by atoms with van der Waals surface area (Å²) in [7, 11) is 0. The third kappa shape index (κ3) is 4.34. The van der Waals surface area contributed by atoms with E-state index in [0.29, 0.717) is 26.2 Å². The standard InChI is InChI=1S/C26H24N4O4/c1-2-33-20-5-3-4-17(10-20)14-30-25-22-9-7-21(34-15-18-12-27-16-28-13-18)11-19(22)6-8-23(25)24(29-30)26(31)32/h3-5,7,9-13,16H,2,6,8,14-15H2,1H3,(H,31,32). The van der Waals surface area contributed by atoms with Gasteiger partial charge < -0.3 is 14.6 Å². The summed E-state index contributed by atoms with van der Waals surface area (Å²) in [6.07, 6.45) is 6.27. The van der Waals surface area contributed by atoms with Gasteiger partial charge in [0.1, 0.15) is 24.4 Å². The molecule has 0 saturated carbocycles. The molecule has 2 aromatic heterocycles. The van der Waals surface area contributed by atoms with Crippen molar-refractivity contribution in [2.75, 3.05) is 6.61 Å². The normalized spacial score (nSPS) is 12.0. The number of carbonyl (C=O) groups is 1. The molecule has 2 aromatic carbocycles. The Hall–Kier alpha value is -4.20. The van der Waals surface area contributed by atoms with Gasteiger partial charge in [0.15, 0.2) is 5.69 Å². The minimum absolute atomic E-state index is 0.117. The van der Waals surface area contributed by atoms with Gasteiger partial charge in [-0.05, 0) is 61.2 Å². The molecule has 1 aliphatic carbocycles. The number of rotatable bonds is 8. The number of aromatic nitrogens is 4. The zero-order valence-electron chi connectivity index (χ0n) is 18.8. The van der Waals surface area contributed by atoms with E-state index in [1.165, 1.54) is 6.33 Å². The highest BCUT2D eigenvalue weighted by molar-refractivity contribution is 5.90. The average molecular weight is 457 g/mol. The van der Waals surface area contributed by atoms with Crippen molar-refractivity contribution in [3.8, 4) is 22.8 Å². The molecule has 8 heteroatoms. The molecule has 172 valence electrons. The second-order valence-electron chi connectivity index (χ2n) is 8.07. The van der Waals surface area contributed by atoms with E-state index in [4.69, 9.17) is 9.47 Å². The van der Waals surface area contributed by atoms with Gasteiger partial charge in [-0.2, -0.15) is 5.10 Å². The quantitative estimate of drug-likeness (QED) is 0.425. The molecule has 5 rings (SSSR count). The van der Waals surface area contributed by atoms with E-state index in [1.54, 1.807) is 17.1 Å². The summed E-state index contributed by atoms with van der Waals surface area (Å²) in [6, 6.07) is 13.7. The number of aryl methyl sites for hydroxylation is 1.